The van der Waals surface area contributed by atoms with Crippen LogP contribution in [0.1, 0.15) is 143 Å². The molecule has 3 aliphatic rings. The summed E-state index contributed by atoms with van der Waals surface area (Å²) >= 11 is 1.74. The number of esters is 6. The number of rotatable bonds is 45. The summed E-state index contributed by atoms with van der Waals surface area (Å²) in [5, 5.41) is 82.1. The molecular weight excluding hydrogens is 2000 g/mol. The molecule has 21 atom stereocenters. The van der Waals surface area contributed by atoms with Crippen LogP contribution in [-0.4, -0.2) is 349 Å². The van der Waals surface area contributed by atoms with Crippen molar-refractivity contribution in [1.82, 2.24) is 89.8 Å². The van der Waals surface area contributed by atoms with Crippen LogP contribution in [0, 0.1) is 0 Å². The molecule has 0 spiro atoms. The number of aliphatic hydroxyl groups is 6. The first-order valence-corrected chi connectivity index (χ1v) is 53.0. The molecule has 0 aliphatic carbocycles. The Balaban J connectivity index is 0.000000287. The van der Waals surface area contributed by atoms with Gasteiger partial charge in [0, 0.05) is 17.3 Å². The Labute approximate surface area is 820 Å². The van der Waals surface area contributed by atoms with E-state index in [-0.39, 0.29) is 86.2 Å². The Hall–Kier alpha value is -9.78. The predicted molar refractivity (Wildman–Crippen MR) is 502 cm³/mol. The lowest BCUT2D eigenvalue weighted by Crippen LogP contribution is -2.45. The largest absolute Gasteiger partial charge is 0.479 e. The van der Waals surface area contributed by atoms with E-state index in [0.29, 0.717) is 34.1 Å². The van der Waals surface area contributed by atoms with Crippen molar-refractivity contribution in [2.24, 2.45) is 0 Å². The maximum absolute atomic E-state index is 14.2. The molecule has 0 bridgehead atoms. The number of carbonyl (C=O) groups is 9. The number of carbonyl (C=O) groups excluding carboxylic acids is 9. The quantitative estimate of drug-likeness (QED) is 0.0148. The number of nitrogen functional groups attached to an aromatic ring is 3. The van der Waals surface area contributed by atoms with E-state index in [9.17, 15) is 87.5 Å². The van der Waals surface area contributed by atoms with Crippen molar-refractivity contribution in [2.45, 2.75) is 270 Å². The summed E-state index contributed by atoms with van der Waals surface area (Å²) in [6.07, 6.45) is -14.4. The van der Waals surface area contributed by atoms with Crippen LogP contribution in [0.2, 0.25) is 0 Å². The third-order valence-electron chi connectivity index (χ3n) is 19.8. The molecular formula is C78H126N21O36P3S3. The van der Waals surface area contributed by atoms with Crippen LogP contribution in [0.4, 0.5) is 32.2 Å². The van der Waals surface area contributed by atoms with Crippen LogP contribution < -0.4 is 62.6 Å². The second-order valence-electron chi connectivity index (χ2n) is 33.6. The average molecular weight is 2120 g/mol. The molecule has 3 aliphatic heterocycles. The number of nitrogens with two attached hydrogens (primary N) is 3. The van der Waals surface area contributed by atoms with Crippen LogP contribution in [0.5, 0.6) is 17.6 Å². The highest BCUT2D eigenvalue weighted by Gasteiger charge is 2.58. The van der Waals surface area contributed by atoms with Gasteiger partial charge in [-0.25, -0.2) is 59.0 Å². The molecule has 7 unspecified atom stereocenters. The smallest absolute Gasteiger partial charge is 0.407 e. The monoisotopic (exact) mass is 2120 g/mol. The van der Waals surface area contributed by atoms with E-state index < -0.39 is 239 Å². The Morgan fingerprint density at radius 1 is 0.383 bits per heavy atom. The Bertz CT molecular complexity index is 4940. The van der Waals surface area contributed by atoms with Gasteiger partial charge >= 0.3 is 74.3 Å². The number of anilines is 3. The number of nitrogens with zero attached hydrogens (tertiary/aromatic N) is 12. The number of fused-ring (bicyclic) bond motifs is 3. The summed E-state index contributed by atoms with van der Waals surface area (Å²) in [6.45, 7) is 13.3. The summed E-state index contributed by atoms with van der Waals surface area (Å²) in [4.78, 5) is 149. The minimum Gasteiger partial charge on any atom is -0.479 e. The van der Waals surface area contributed by atoms with Gasteiger partial charge in [-0.3, -0.25) is 41.8 Å². The third kappa shape index (κ3) is 31.6. The van der Waals surface area contributed by atoms with Crippen molar-refractivity contribution >= 4 is 160 Å². The summed E-state index contributed by atoms with van der Waals surface area (Å²) in [5.74, 6) is -5.95. The van der Waals surface area contributed by atoms with Crippen molar-refractivity contribution in [3.8, 4) is 17.6 Å². The number of alkyl carbamates (subject to hydrolysis) is 3. The molecule has 18 N–H and O–H groups in total. The van der Waals surface area contributed by atoms with E-state index in [1.165, 1.54) is 95.6 Å². The number of imidazole rings is 3. The highest BCUT2D eigenvalue weighted by molar-refractivity contribution is 8.56. The molecule has 0 saturated carbocycles. The minimum absolute atomic E-state index is 0.0794. The second kappa shape index (κ2) is 51.1. The Morgan fingerprint density at radius 2 is 0.596 bits per heavy atom. The first-order chi connectivity index (χ1) is 65.7. The molecule has 57 nitrogen and oxygen atoms in total. The van der Waals surface area contributed by atoms with Crippen molar-refractivity contribution in [3.05, 3.63) is 19.0 Å². The molecule has 792 valence electrons. The molecule has 6 aromatic rings. The van der Waals surface area contributed by atoms with Gasteiger partial charge in [-0.15, -0.1) is 0 Å². The number of aliphatic hydroxyl groups excluding tert-OH is 3. The van der Waals surface area contributed by atoms with E-state index in [2.05, 4.69) is 90.3 Å². The Morgan fingerprint density at radius 3 is 0.794 bits per heavy atom. The third-order valence-corrected chi connectivity index (χ3v) is 32.1. The average Bonchev–Trinajstić information content (AvgIpc) is 1.60. The second-order valence-corrected chi connectivity index (χ2v) is 46.6. The van der Waals surface area contributed by atoms with Crippen molar-refractivity contribution in [1.29, 1.82) is 0 Å². The first kappa shape index (κ1) is 118. The number of amides is 3. The number of hydrogen-bond donors (Lipinski definition) is 15. The van der Waals surface area contributed by atoms with Gasteiger partial charge < -0.3 is 148 Å². The van der Waals surface area contributed by atoms with E-state index in [4.69, 9.17) is 87.6 Å². The van der Waals surface area contributed by atoms with Gasteiger partial charge in [-0.2, -0.15) is 29.9 Å². The zero-order valence-corrected chi connectivity index (χ0v) is 86.8. The van der Waals surface area contributed by atoms with Crippen molar-refractivity contribution in [3.63, 3.8) is 0 Å². The summed E-state index contributed by atoms with van der Waals surface area (Å²) < 4.78 is 143. The van der Waals surface area contributed by atoms with Gasteiger partial charge in [0.2, 0.25) is 35.5 Å². The van der Waals surface area contributed by atoms with Crippen molar-refractivity contribution < 1.29 is 172 Å². The molecule has 6 aromatic heterocycles. The zero-order chi connectivity index (χ0) is 106. The van der Waals surface area contributed by atoms with Gasteiger partial charge in [-0.1, -0.05) is 34.1 Å². The molecule has 9 heterocycles. The van der Waals surface area contributed by atoms with E-state index in [1.54, 1.807) is 83.1 Å². The maximum Gasteiger partial charge on any atom is 0.407 e. The van der Waals surface area contributed by atoms with Crippen LogP contribution >= 0.6 is 54.3 Å². The zero-order valence-electron chi connectivity index (χ0n) is 81.7. The number of nitrogens with one attached hydrogen (secondary N) is 6. The highest BCUT2D eigenvalue weighted by Crippen LogP contribution is 2.60. The topological polar surface area (TPSA) is 773 Å². The minimum atomic E-state index is -4.19. The predicted octanol–water partition coefficient (Wildman–Crippen LogP) is 2.67. The molecule has 9 rings (SSSR count). The molecule has 0 radical (unpaired) electrons. The maximum atomic E-state index is 14.2. The number of ether oxygens (including phenoxy) is 15. The summed E-state index contributed by atoms with van der Waals surface area (Å²) in [5.41, 5.74) is 12.7. The van der Waals surface area contributed by atoms with Gasteiger partial charge in [0.15, 0.2) is 52.2 Å². The van der Waals surface area contributed by atoms with Crippen LogP contribution in [0.3, 0.4) is 0 Å². The Kier molecular flexibility index (Phi) is 42.9. The number of methoxy groups -OCH3 is 6. The van der Waals surface area contributed by atoms with Crippen molar-refractivity contribution in [2.75, 3.05) is 96.9 Å². The molecule has 141 heavy (non-hydrogen) atoms. The van der Waals surface area contributed by atoms with E-state index in [0.717, 1.165) is 21.3 Å². The molecule has 0 aromatic carbocycles. The van der Waals surface area contributed by atoms with Gasteiger partial charge in [-0.05, 0) is 125 Å². The standard InChI is InChI=1S/3C26H42N7O12PS/c3*1-12(2)43-21(35)14(5)32-46(39,47-10-15(29-25(37)41-8)22(36)44-13(3)4)42-9-16-18(34)26(6,38)23(45-16)33-11-28-17-19(33)30-24(27)31-20(17)40-7/h3*11-16,18,23,34,38H,9-10H2,1-8H3,(H,29,37)(H,32,39)(H2,27,30,31)/t2*14-,15?,16+,18+,23?,26+,46-;14-,15?,16-,18-,23?,26-,46?/m001/s1. The van der Waals surface area contributed by atoms with Gasteiger partial charge in [0.1, 0.15) is 89.7 Å². The van der Waals surface area contributed by atoms with Crippen LogP contribution in [0.15, 0.2) is 19.0 Å². The highest BCUT2D eigenvalue weighted by atomic mass is 32.7. The summed E-state index contributed by atoms with van der Waals surface area (Å²) in [6, 6.07) is -7.46. The van der Waals surface area contributed by atoms with Crippen LogP contribution in [-0.2, 0) is 113 Å². The SMILES string of the molecule is COC(=O)NC(CSP(=O)(N[C@H](C)C(=O)OC(C)C)OC[C@H]1OC(n2cnc3c(OC)nc(N)nc32)[C@](C)(O)[C@@H]1O)C(=O)OC(C)C.COC(=O)NC(CS[P@](=O)(N[C@@H](C)C(=O)OC(C)C)OC[C@H]1OC(n2cnc3c(OC)nc(N)nc32)[C@](C)(O)[C@@H]1O)C(=O)OC(C)C.COC(=O)NC(CS[P@](=O)(N[C@@H](C)C(=O)OC(C)C)OC[C@H]1OC(n2cnc3c(OC)nc(N)nc32)[C@](C)(O)[C@@H]1O)C(=O)OC(C)C. The van der Waals surface area contributed by atoms with E-state index in [1.807, 2.05) is 0 Å². The molecule has 3 fully saturated rings. The van der Waals surface area contributed by atoms with Crippen LogP contribution in [0.25, 0.3) is 33.5 Å². The lowest BCUT2D eigenvalue weighted by molar-refractivity contribution is -0.150. The molecule has 63 heteroatoms. The lowest BCUT2D eigenvalue weighted by Gasteiger charge is -2.27. The van der Waals surface area contributed by atoms with E-state index >= 15 is 0 Å². The fraction of sp³-hybridized carbons (Fsp3) is 0.692. The molecule has 3 saturated heterocycles. The van der Waals surface area contributed by atoms with Gasteiger partial charge in [0.05, 0.1) is 118 Å². The fourth-order valence-electron chi connectivity index (χ4n) is 13.1. The molecule has 3 amide bonds. The summed E-state index contributed by atoms with van der Waals surface area (Å²) in [7, 11) is 7.41. The number of hydrogen-bond acceptors (Lipinski definition) is 51. The first-order valence-electron chi connectivity index (χ1n) is 43.3. The number of aromatic nitrogens is 12. The lowest BCUT2D eigenvalue weighted by atomic mass is 9.96. The van der Waals surface area contributed by atoms with Gasteiger partial charge in [0.25, 0.3) is 0 Å². The fourth-order valence-corrected chi connectivity index (χ4v) is 24.6. The normalized spacial score (nSPS) is 23.7.